The Morgan fingerprint density at radius 1 is 1.56 bits per heavy atom. The van der Waals surface area contributed by atoms with Gasteiger partial charge in [0.1, 0.15) is 5.82 Å². The van der Waals surface area contributed by atoms with E-state index in [2.05, 4.69) is 28.9 Å². The zero-order chi connectivity index (χ0) is 11.7. The normalized spacial score (nSPS) is 20.8. The Morgan fingerprint density at radius 3 is 2.88 bits per heavy atom. The highest BCUT2D eigenvalue weighted by Crippen LogP contribution is 2.28. The third-order valence-electron chi connectivity index (χ3n) is 3.04. The van der Waals surface area contributed by atoms with Crippen molar-refractivity contribution in [2.24, 2.45) is 0 Å². The lowest BCUT2D eigenvalue weighted by atomic mass is 10.2. The zero-order valence-corrected chi connectivity index (χ0v) is 10.4. The minimum atomic E-state index is 0.579. The summed E-state index contributed by atoms with van der Waals surface area (Å²) in [5.74, 6) is 0.847. The summed E-state index contributed by atoms with van der Waals surface area (Å²) in [5, 5.41) is 0.638. The van der Waals surface area contributed by atoms with Crippen LogP contribution >= 0.6 is 11.6 Å². The Kier molecular flexibility index (Phi) is 3.21. The van der Waals surface area contributed by atoms with Gasteiger partial charge in [-0.25, -0.2) is 4.98 Å². The van der Waals surface area contributed by atoms with Gasteiger partial charge < -0.3 is 15.5 Å². The Labute approximate surface area is 101 Å². The van der Waals surface area contributed by atoms with E-state index in [1.807, 2.05) is 0 Å². The average Bonchev–Trinajstić information content (AvgIpc) is 2.66. The van der Waals surface area contributed by atoms with Gasteiger partial charge in [-0.2, -0.15) is 0 Å². The summed E-state index contributed by atoms with van der Waals surface area (Å²) < 4.78 is 0. The first-order chi connectivity index (χ1) is 7.58. The SMILES string of the molecule is CN(C)C1CCN(c2ncc(N)cc2Cl)C1. The molecule has 2 N–H and O–H groups in total. The summed E-state index contributed by atoms with van der Waals surface area (Å²) in [4.78, 5) is 8.76. The maximum Gasteiger partial charge on any atom is 0.147 e. The Hall–Kier alpha value is -1.00. The van der Waals surface area contributed by atoms with E-state index >= 15 is 0 Å². The minimum absolute atomic E-state index is 0.579. The number of rotatable bonds is 2. The van der Waals surface area contributed by atoms with Crippen LogP contribution in [0.1, 0.15) is 6.42 Å². The maximum atomic E-state index is 6.14. The number of hydrogen-bond donors (Lipinski definition) is 1. The van der Waals surface area contributed by atoms with Gasteiger partial charge >= 0.3 is 0 Å². The number of hydrogen-bond acceptors (Lipinski definition) is 4. The number of nitrogens with two attached hydrogens (primary N) is 1. The van der Waals surface area contributed by atoms with Crippen molar-refractivity contribution >= 4 is 23.1 Å². The lowest BCUT2D eigenvalue weighted by Crippen LogP contribution is -2.31. The van der Waals surface area contributed by atoms with E-state index in [9.17, 15) is 0 Å². The second-order valence-corrected chi connectivity index (χ2v) is 4.83. The van der Waals surface area contributed by atoms with Gasteiger partial charge in [-0.3, -0.25) is 0 Å². The highest BCUT2D eigenvalue weighted by atomic mass is 35.5. The van der Waals surface area contributed by atoms with E-state index in [0.29, 0.717) is 16.8 Å². The van der Waals surface area contributed by atoms with Crippen LogP contribution in [0.5, 0.6) is 0 Å². The molecule has 0 amide bonds. The van der Waals surface area contributed by atoms with Crippen LogP contribution < -0.4 is 10.6 Å². The van der Waals surface area contributed by atoms with E-state index in [-0.39, 0.29) is 0 Å². The van der Waals surface area contributed by atoms with Crippen LogP contribution in [0.2, 0.25) is 5.02 Å². The molecular weight excluding hydrogens is 224 g/mol. The van der Waals surface area contributed by atoms with Crippen LogP contribution in [0, 0.1) is 0 Å². The fourth-order valence-corrected chi connectivity index (χ4v) is 2.33. The number of likely N-dealkylation sites (N-methyl/N-ethyl adjacent to an activating group) is 1. The lowest BCUT2D eigenvalue weighted by Gasteiger charge is -2.21. The standard InChI is InChI=1S/C11H17ClN4/c1-15(2)9-3-4-16(7-9)11-10(12)5-8(13)6-14-11/h5-6,9H,3-4,7,13H2,1-2H3. The molecule has 16 heavy (non-hydrogen) atoms. The lowest BCUT2D eigenvalue weighted by molar-refractivity contribution is 0.315. The summed E-state index contributed by atoms with van der Waals surface area (Å²) in [6.07, 6.45) is 2.81. The first kappa shape index (κ1) is 11.5. The second-order valence-electron chi connectivity index (χ2n) is 4.43. The molecule has 0 saturated carbocycles. The molecule has 2 rings (SSSR count). The predicted octanol–water partition coefficient (Wildman–Crippen LogP) is 1.46. The molecule has 0 radical (unpaired) electrons. The topological polar surface area (TPSA) is 45.4 Å². The van der Waals surface area contributed by atoms with Crippen molar-refractivity contribution in [1.29, 1.82) is 0 Å². The predicted molar refractivity (Wildman–Crippen MR) is 68.0 cm³/mol. The van der Waals surface area contributed by atoms with E-state index in [4.69, 9.17) is 17.3 Å². The van der Waals surface area contributed by atoms with Gasteiger partial charge in [0.15, 0.2) is 0 Å². The van der Waals surface area contributed by atoms with Crippen molar-refractivity contribution in [1.82, 2.24) is 9.88 Å². The highest BCUT2D eigenvalue weighted by molar-refractivity contribution is 6.33. The van der Waals surface area contributed by atoms with Crippen LogP contribution in [0.25, 0.3) is 0 Å². The van der Waals surface area contributed by atoms with Crippen molar-refractivity contribution in [3.63, 3.8) is 0 Å². The van der Waals surface area contributed by atoms with Crippen molar-refractivity contribution in [2.75, 3.05) is 37.8 Å². The first-order valence-electron chi connectivity index (χ1n) is 5.40. The molecular formula is C11H17ClN4. The number of aromatic nitrogens is 1. The number of halogens is 1. The Balaban J connectivity index is 2.14. The van der Waals surface area contributed by atoms with Crippen molar-refractivity contribution in [3.8, 4) is 0 Å². The largest absolute Gasteiger partial charge is 0.397 e. The molecule has 0 spiro atoms. The van der Waals surface area contributed by atoms with Gasteiger partial charge in [0.2, 0.25) is 0 Å². The van der Waals surface area contributed by atoms with Crippen LogP contribution in [0.15, 0.2) is 12.3 Å². The van der Waals surface area contributed by atoms with Crippen LogP contribution in [0.4, 0.5) is 11.5 Å². The molecule has 1 saturated heterocycles. The van der Waals surface area contributed by atoms with E-state index in [0.717, 1.165) is 25.3 Å². The number of anilines is 2. The van der Waals surface area contributed by atoms with Crippen LogP contribution in [-0.2, 0) is 0 Å². The monoisotopic (exact) mass is 240 g/mol. The molecule has 0 aliphatic carbocycles. The number of pyridine rings is 1. The molecule has 1 aromatic heterocycles. The molecule has 5 heteroatoms. The third-order valence-corrected chi connectivity index (χ3v) is 3.31. The molecule has 0 bridgehead atoms. The molecule has 2 heterocycles. The van der Waals surface area contributed by atoms with Crippen molar-refractivity contribution in [3.05, 3.63) is 17.3 Å². The van der Waals surface area contributed by atoms with Gasteiger partial charge in [0.25, 0.3) is 0 Å². The van der Waals surface area contributed by atoms with Gasteiger partial charge in [0.05, 0.1) is 16.9 Å². The zero-order valence-electron chi connectivity index (χ0n) is 9.65. The Bertz CT molecular complexity index is 380. The molecule has 1 aromatic rings. The van der Waals surface area contributed by atoms with Gasteiger partial charge in [-0.05, 0) is 26.6 Å². The van der Waals surface area contributed by atoms with Crippen molar-refractivity contribution in [2.45, 2.75) is 12.5 Å². The highest BCUT2D eigenvalue weighted by Gasteiger charge is 2.26. The second kappa shape index (κ2) is 4.47. The maximum absolute atomic E-state index is 6.14. The molecule has 88 valence electrons. The summed E-state index contributed by atoms with van der Waals surface area (Å²) in [6.45, 7) is 1.98. The van der Waals surface area contributed by atoms with Gasteiger partial charge in [-0.1, -0.05) is 11.6 Å². The Morgan fingerprint density at radius 2 is 2.31 bits per heavy atom. The average molecular weight is 241 g/mol. The fraction of sp³-hybridized carbons (Fsp3) is 0.545. The van der Waals surface area contributed by atoms with Crippen LogP contribution in [0.3, 0.4) is 0 Å². The van der Waals surface area contributed by atoms with E-state index < -0.39 is 0 Å². The molecule has 0 aromatic carbocycles. The quantitative estimate of drug-likeness (QED) is 0.850. The van der Waals surface area contributed by atoms with E-state index in [1.165, 1.54) is 0 Å². The summed E-state index contributed by atoms with van der Waals surface area (Å²) in [5.41, 5.74) is 6.24. The number of nitrogens with zero attached hydrogens (tertiary/aromatic N) is 3. The van der Waals surface area contributed by atoms with Gasteiger partial charge in [0, 0.05) is 19.1 Å². The molecule has 1 aliphatic rings. The number of nitrogen functional groups attached to an aromatic ring is 1. The van der Waals surface area contributed by atoms with E-state index in [1.54, 1.807) is 12.3 Å². The van der Waals surface area contributed by atoms with Crippen LogP contribution in [-0.4, -0.2) is 43.1 Å². The fourth-order valence-electron chi connectivity index (χ4n) is 2.03. The summed E-state index contributed by atoms with van der Waals surface area (Å²) in [6, 6.07) is 2.34. The molecule has 4 nitrogen and oxygen atoms in total. The third kappa shape index (κ3) is 2.23. The summed E-state index contributed by atoms with van der Waals surface area (Å²) in [7, 11) is 4.21. The first-order valence-corrected chi connectivity index (χ1v) is 5.78. The summed E-state index contributed by atoms with van der Waals surface area (Å²) >= 11 is 6.14. The molecule has 1 fully saturated rings. The minimum Gasteiger partial charge on any atom is -0.397 e. The molecule has 1 unspecified atom stereocenters. The van der Waals surface area contributed by atoms with Gasteiger partial charge in [-0.15, -0.1) is 0 Å². The smallest absolute Gasteiger partial charge is 0.147 e. The molecule has 1 aliphatic heterocycles. The van der Waals surface area contributed by atoms with Crippen molar-refractivity contribution < 1.29 is 0 Å². The molecule has 1 atom stereocenters.